The first-order valence-corrected chi connectivity index (χ1v) is 8.22. The number of halogens is 6. The lowest BCUT2D eigenvalue weighted by Crippen LogP contribution is -2.35. The normalized spacial score (nSPS) is 12.7. The van der Waals surface area contributed by atoms with Crippen molar-refractivity contribution in [1.29, 1.82) is 5.26 Å². The average molecular weight is 390 g/mol. The second-order valence-electron chi connectivity index (χ2n) is 5.02. The molecule has 0 saturated heterocycles. The van der Waals surface area contributed by atoms with Crippen molar-refractivity contribution in [2.75, 3.05) is 23.7 Å². The number of alkyl halides is 6. The summed E-state index contributed by atoms with van der Waals surface area (Å²) in [6.07, 6.45) is -10.1. The minimum atomic E-state index is -4.95. The summed E-state index contributed by atoms with van der Waals surface area (Å²) in [5.74, 6) is -0.843. The molecule has 0 bridgehead atoms. The van der Waals surface area contributed by atoms with Crippen LogP contribution in [0.15, 0.2) is 18.2 Å². The highest BCUT2D eigenvalue weighted by molar-refractivity contribution is 7.85. The zero-order valence-corrected chi connectivity index (χ0v) is 13.2. The number of rotatable bonds is 6. The van der Waals surface area contributed by atoms with Gasteiger partial charge in [-0.15, -0.1) is 0 Å². The molecule has 5 nitrogen and oxygen atoms in total. The van der Waals surface area contributed by atoms with E-state index in [9.17, 15) is 34.8 Å². The van der Waals surface area contributed by atoms with Crippen molar-refractivity contribution in [2.24, 2.45) is 0 Å². The predicted octanol–water partition coefficient (Wildman–Crippen LogP) is 3.22. The van der Waals surface area contributed by atoms with Gasteiger partial charge in [0.2, 0.25) is 0 Å². The Hall–Kier alpha value is -2.00. The van der Waals surface area contributed by atoms with E-state index in [1.165, 1.54) is 6.07 Å². The van der Waals surface area contributed by atoms with E-state index < -0.39 is 64.5 Å². The van der Waals surface area contributed by atoms with E-state index in [0.29, 0.717) is 11.0 Å². The van der Waals surface area contributed by atoms with Crippen molar-refractivity contribution in [1.82, 2.24) is 0 Å². The fraction of sp³-hybridized carbons (Fsp3) is 0.462. The average Bonchev–Trinajstić information content (AvgIpc) is 2.42. The molecule has 0 aliphatic heterocycles. The molecule has 0 aromatic heterocycles. The van der Waals surface area contributed by atoms with Gasteiger partial charge in [-0.3, -0.25) is 4.55 Å². The summed E-state index contributed by atoms with van der Waals surface area (Å²) in [4.78, 5) is 0.502. The van der Waals surface area contributed by atoms with Crippen molar-refractivity contribution in [2.45, 2.75) is 18.8 Å². The Balaban J connectivity index is 3.19. The van der Waals surface area contributed by atoms with E-state index >= 15 is 0 Å². The fourth-order valence-corrected chi connectivity index (χ4v) is 2.51. The first-order valence-electron chi connectivity index (χ1n) is 6.61. The van der Waals surface area contributed by atoms with Crippen LogP contribution in [0, 0.1) is 11.3 Å². The smallest absolute Gasteiger partial charge is 0.363 e. The van der Waals surface area contributed by atoms with Crippen LogP contribution in [0.2, 0.25) is 0 Å². The highest BCUT2D eigenvalue weighted by Crippen LogP contribution is 2.35. The van der Waals surface area contributed by atoms with E-state index in [2.05, 4.69) is 0 Å². The molecule has 1 rings (SSSR count). The summed E-state index contributed by atoms with van der Waals surface area (Å²) < 4.78 is 107. The van der Waals surface area contributed by atoms with Crippen molar-refractivity contribution in [3.63, 3.8) is 0 Å². The maximum absolute atomic E-state index is 12.9. The van der Waals surface area contributed by atoms with Gasteiger partial charge in [0.05, 0.1) is 22.9 Å². The third kappa shape index (κ3) is 7.18. The van der Waals surface area contributed by atoms with Crippen molar-refractivity contribution < 1.29 is 39.3 Å². The van der Waals surface area contributed by atoms with Gasteiger partial charge in [0.15, 0.2) is 0 Å². The Bertz CT molecular complexity index is 752. The number of anilines is 1. The topological polar surface area (TPSA) is 81.4 Å². The summed E-state index contributed by atoms with van der Waals surface area (Å²) in [5, 5.41) is 8.69. The van der Waals surface area contributed by atoms with Crippen molar-refractivity contribution >= 4 is 15.8 Å². The van der Waals surface area contributed by atoms with Gasteiger partial charge in [-0.25, -0.2) is 0 Å². The van der Waals surface area contributed by atoms with Crippen molar-refractivity contribution in [3.05, 3.63) is 29.3 Å². The lowest BCUT2D eigenvalue weighted by molar-refractivity contribution is -0.137. The van der Waals surface area contributed by atoms with Crippen LogP contribution in [0.5, 0.6) is 0 Å². The van der Waals surface area contributed by atoms with Crippen LogP contribution in [0.3, 0.4) is 0 Å². The number of nitriles is 1. The second kappa shape index (κ2) is 7.49. The molecule has 0 saturated carbocycles. The van der Waals surface area contributed by atoms with Crippen molar-refractivity contribution in [3.8, 4) is 6.07 Å². The molecule has 25 heavy (non-hydrogen) atoms. The minimum Gasteiger partial charge on any atom is -0.363 e. The number of nitrogens with zero attached hydrogens (tertiary/aromatic N) is 2. The lowest BCUT2D eigenvalue weighted by Gasteiger charge is -2.26. The molecule has 0 aliphatic rings. The molecule has 12 heteroatoms. The third-order valence-corrected chi connectivity index (χ3v) is 3.80. The molecule has 0 heterocycles. The monoisotopic (exact) mass is 390 g/mol. The van der Waals surface area contributed by atoms with Crippen LogP contribution < -0.4 is 4.90 Å². The SMILES string of the molecule is N#Cc1ccc(N(CCCS(=O)(=O)O)CC(F)(F)F)cc1C(F)(F)F. The summed E-state index contributed by atoms with van der Waals surface area (Å²) in [6, 6.07) is 3.36. The first kappa shape index (κ1) is 21.0. The van der Waals surface area contributed by atoms with Gasteiger partial charge in [0.25, 0.3) is 10.1 Å². The molecule has 1 aromatic rings. The van der Waals surface area contributed by atoms with Gasteiger partial charge in [-0.1, -0.05) is 0 Å². The quantitative estimate of drug-likeness (QED) is 0.596. The predicted molar refractivity (Wildman–Crippen MR) is 75.5 cm³/mol. The van der Waals surface area contributed by atoms with E-state index in [0.717, 1.165) is 12.1 Å². The Labute approximate surface area is 139 Å². The summed E-state index contributed by atoms with van der Waals surface area (Å²) in [5.41, 5.74) is -2.62. The second-order valence-corrected chi connectivity index (χ2v) is 6.59. The molecule has 1 aromatic carbocycles. The van der Waals surface area contributed by atoms with Crippen LogP contribution in [-0.4, -0.2) is 38.0 Å². The van der Waals surface area contributed by atoms with Gasteiger partial charge in [-0.05, 0) is 24.6 Å². The van der Waals surface area contributed by atoms with E-state index in [1.54, 1.807) is 0 Å². The highest BCUT2D eigenvalue weighted by atomic mass is 32.2. The maximum atomic E-state index is 12.9. The Morgan fingerprint density at radius 1 is 1.16 bits per heavy atom. The Kier molecular flexibility index (Phi) is 6.30. The largest absolute Gasteiger partial charge is 0.417 e. The third-order valence-electron chi connectivity index (χ3n) is 2.99. The standard InChI is InChI=1S/C13H12F6N2O3S/c14-12(15,16)8-21(4-1-5-25(22,23)24)10-3-2-9(7-20)11(6-10)13(17,18)19/h2-3,6H,1,4-5,8H2,(H,22,23,24). The number of hydrogen-bond donors (Lipinski definition) is 1. The number of benzene rings is 1. The molecular weight excluding hydrogens is 378 g/mol. The molecule has 0 unspecified atom stereocenters. The van der Waals surface area contributed by atoms with Gasteiger partial charge in [0, 0.05) is 12.2 Å². The van der Waals surface area contributed by atoms with Crippen LogP contribution in [0.1, 0.15) is 17.5 Å². The summed E-state index contributed by atoms with van der Waals surface area (Å²) in [7, 11) is -4.42. The van der Waals surface area contributed by atoms with E-state index in [1.807, 2.05) is 0 Å². The van der Waals surface area contributed by atoms with Crippen LogP contribution in [0.4, 0.5) is 32.0 Å². The molecule has 0 fully saturated rings. The lowest BCUT2D eigenvalue weighted by atomic mass is 10.1. The Morgan fingerprint density at radius 3 is 2.20 bits per heavy atom. The molecule has 140 valence electrons. The molecular formula is C13H12F6N2O3S. The molecule has 0 aliphatic carbocycles. The Morgan fingerprint density at radius 2 is 1.76 bits per heavy atom. The van der Waals surface area contributed by atoms with Gasteiger partial charge in [-0.2, -0.15) is 40.0 Å². The van der Waals surface area contributed by atoms with Gasteiger partial charge < -0.3 is 4.90 Å². The van der Waals surface area contributed by atoms with Gasteiger partial charge >= 0.3 is 12.4 Å². The van der Waals surface area contributed by atoms with Crippen LogP contribution in [0.25, 0.3) is 0 Å². The first-order chi connectivity index (χ1) is 11.2. The molecule has 1 N–H and O–H groups in total. The zero-order chi connectivity index (χ0) is 19.5. The molecule has 0 amide bonds. The van der Waals surface area contributed by atoms with E-state index in [-0.39, 0.29) is 0 Å². The summed E-state index contributed by atoms with van der Waals surface area (Å²) in [6.45, 7) is -2.19. The maximum Gasteiger partial charge on any atom is 0.417 e. The summed E-state index contributed by atoms with van der Waals surface area (Å²) >= 11 is 0. The molecule has 0 atom stereocenters. The molecule has 0 radical (unpaired) electrons. The van der Waals surface area contributed by atoms with Crippen LogP contribution >= 0.6 is 0 Å². The molecule has 0 spiro atoms. The number of hydrogen-bond acceptors (Lipinski definition) is 4. The minimum absolute atomic E-state index is 0.401. The fourth-order valence-electron chi connectivity index (χ4n) is 2.01. The highest BCUT2D eigenvalue weighted by Gasteiger charge is 2.36. The van der Waals surface area contributed by atoms with E-state index in [4.69, 9.17) is 9.81 Å². The van der Waals surface area contributed by atoms with Gasteiger partial charge in [0.1, 0.15) is 6.54 Å². The zero-order valence-electron chi connectivity index (χ0n) is 12.4. The van der Waals surface area contributed by atoms with Crippen LogP contribution in [-0.2, 0) is 16.3 Å².